The summed E-state index contributed by atoms with van der Waals surface area (Å²) in [7, 11) is 0. The second-order valence-electron chi connectivity index (χ2n) is 5.60. The van der Waals surface area contributed by atoms with Crippen LogP contribution in [0.1, 0.15) is 30.0 Å². The number of aldehydes is 1. The van der Waals surface area contributed by atoms with E-state index in [2.05, 4.69) is 9.98 Å². The maximum absolute atomic E-state index is 10.9. The molecule has 1 aliphatic rings. The summed E-state index contributed by atoms with van der Waals surface area (Å²) in [5.74, 6) is 0.0863. The summed E-state index contributed by atoms with van der Waals surface area (Å²) >= 11 is 0. The number of aromatic hydroxyl groups is 1. The third kappa shape index (κ3) is 2.75. The van der Waals surface area contributed by atoms with E-state index in [0.29, 0.717) is 6.29 Å². The van der Waals surface area contributed by atoms with Crippen LogP contribution in [-0.4, -0.2) is 38.4 Å². The zero-order valence-corrected chi connectivity index (χ0v) is 13.1. The summed E-state index contributed by atoms with van der Waals surface area (Å²) in [6.45, 7) is 1.43. The Balaban J connectivity index is 2.07. The van der Waals surface area contributed by atoms with Crippen LogP contribution in [0.3, 0.4) is 0 Å². The molecule has 2 heterocycles. The number of benzene rings is 1. The number of allylic oxidation sites excluding steroid dienone is 1. The number of rotatable bonds is 5. The fourth-order valence-electron chi connectivity index (χ4n) is 2.60. The molecule has 0 unspecified atom stereocenters. The summed E-state index contributed by atoms with van der Waals surface area (Å²) in [4.78, 5) is 19.5. The first kappa shape index (κ1) is 16.1. The van der Waals surface area contributed by atoms with Gasteiger partial charge in [0, 0.05) is 17.4 Å². The molecule has 4 N–H and O–H groups in total. The molecule has 0 fully saturated rings. The van der Waals surface area contributed by atoms with Crippen molar-refractivity contribution >= 4 is 29.8 Å². The van der Waals surface area contributed by atoms with Crippen LogP contribution in [0.2, 0.25) is 0 Å². The average molecular weight is 326 g/mol. The maximum atomic E-state index is 10.9. The molecule has 7 heteroatoms. The molecule has 0 saturated carbocycles. The quantitative estimate of drug-likeness (QED) is 0.719. The number of nitrogens with two attached hydrogens (primary N) is 1. The number of imidazole rings is 1. The Morgan fingerprint density at radius 1 is 1.38 bits per heavy atom. The molecule has 24 heavy (non-hydrogen) atoms. The first-order valence-electron chi connectivity index (χ1n) is 7.54. The van der Waals surface area contributed by atoms with Gasteiger partial charge in [0.2, 0.25) is 5.88 Å². The Kier molecular flexibility index (Phi) is 4.28. The smallest absolute Gasteiger partial charge is 0.219 e. The standard InChI is InChI=1S/C17H18N4O3/c1-10(23)15(18)16-20-14(17(24)21(16)6-7-22)8-11-9-19-13-5-3-2-4-12(11)13/h2-5,7-10,15,23-24H,6,18H2,1H3/b11-8+/t10-,15+/m1/s1. The van der Waals surface area contributed by atoms with E-state index in [1.54, 1.807) is 12.3 Å². The van der Waals surface area contributed by atoms with Gasteiger partial charge in [-0.15, -0.1) is 0 Å². The van der Waals surface area contributed by atoms with E-state index >= 15 is 0 Å². The van der Waals surface area contributed by atoms with E-state index in [-0.39, 0.29) is 23.9 Å². The number of para-hydroxylation sites is 1. The predicted octanol–water partition coefficient (Wildman–Crippen LogP) is 1.42. The summed E-state index contributed by atoms with van der Waals surface area (Å²) in [6, 6.07) is 6.81. The molecule has 0 aliphatic carbocycles. The summed E-state index contributed by atoms with van der Waals surface area (Å²) in [5, 5.41) is 20.1. The van der Waals surface area contributed by atoms with Crippen molar-refractivity contribution in [2.45, 2.75) is 25.6 Å². The molecular formula is C17H18N4O3. The summed E-state index contributed by atoms with van der Waals surface area (Å²) in [5.41, 5.74) is 8.78. The van der Waals surface area contributed by atoms with Crippen LogP contribution < -0.4 is 5.73 Å². The monoisotopic (exact) mass is 326 g/mol. The van der Waals surface area contributed by atoms with Gasteiger partial charge in [-0.3, -0.25) is 9.56 Å². The molecule has 0 spiro atoms. The van der Waals surface area contributed by atoms with Crippen molar-refractivity contribution in [3.8, 4) is 5.88 Å². The van der Waals surface area contributed by atoms with Crippen molar-refractivity contribution in [2.24, 2.45) is 10.7 Å². The Morgan fingerprint density at radius 2 is 2.12 bits per heavy atom. The molecule has 7 nitrogen and oxygen atoms in total. The van der Waals surface area contributed by atoms with Gasteiger partial charge in [-0.25, -0.2) is 4.98 Å². The minimum atomic E-state index is -0.869. The number of aliphatic imine (C=N–C) groups is 1. The molecule has 0 radical (unpaired) electrons. The number of carbonyl (C=O) groups excluding carboxylic acids is 1. The van der Waals surface area contributed by atoms with Crippen molar-refractivity contribution in [1.29, 1.82) is 0 Å². The van der Waals surface area contributed by atoms with Crippen LogP contribution in [0.15, 0.2) is 29.3 Å². The average Bonchev–Trinajstić information content (AvgIpc) is 3.11. The van der Waals surface area contributed by atoms with Gasteiger partial charge >= 0.3 is 0 Å². The highest BCUT2D eigenvalue weighted by Crippen LogP contribution is 2.34. The fourth-order valence-corrected chi connectivity index (χ4v) is 2.60. The summed E-state index contributed by atoms with van der Waals surface area (Å²) < 4.78 is 1.30. The highest BCUT2D eigenvalue weighted by molar-refractivity contribution is 6.21. The normalized spacial score (nSPS) is 17.0. The van der Waals surface area contributed by atoms with E-state index < -0.39 is 12.1 Å². The molecule has 1 aliphatic heterocycles. The zero-order chi connectivity index (χ0) is 17.3. The van der Waals surface area contributed by atoms with E-state index in [4.69, 9.17) is 5.73 Å². The Bertz CT molecular complexity index is 836. The number of nitrogens with zero attached hydrogens (tertiary/aromatic N) is 3. The van der Waals surface area contributed by atoms with E-state index in [1.165, 1.54) is 11.5 Å². The predicted molar refractivity (Wildman–Crippen MR) is 91.0 cm³/mol. The van der Waals surface area contributed by atoms with E-state index in [9.17, 15) is 15.0 Å². The highest BCUT2D eigenvalue weighted by atomic mass is 16.3. The number of hydrogen-bond donors (Lipinski definition) is 3. The third-order valence-electron chi connectivity index (χ3n) is 3.92. The van der Waals surface area contributed by atoms with Crippen molar-refractivity contribution in [3.05, 3.63) is 41.3 Å². The van der Waals surface area contributed by atoms with Crippen molar-refractivity contribution in [1.82, 2.24) is 9.55 Å². The Morgan fingerprint density at radius 3 is 2.83 bits per heavy atom. The van der Waals surface area contributed by atoms with Gasteiger partial charge in [0.25, 0.3) is 0 Å². The van der Waals surface area contributed by atoms with Gasteiger partial charge in [0.1, 0.15) is 17.8 Å². The Labute approximate surface area is 138 Å². The zero-order valence-electron chi connectivity index (χ0n) is 13.1. The first-order chi connectivity index (χ1) is 11.5. The van der Waals surface area contributed by atoms with Crippen LogP contribution in [0.25, 0.3) is 11.6 Å². The summed E-state index contributed by atoms with van der Waals surface area (Å²) in [6.07, 6.45) is 3.15. The van der Waals surface area contributed by atoms with Crippen molar-refractivity contribution in [3.63, 3.8) is 0 Å². The van der Waals surface area contributed by atoms with Crippen LogP contribution >= 0.6 is 0 Å². The van der Waals surface area contributed by atoms with Gasteiger partial charge in [-0.1, -0.05) is 18.2 Å². The number of aliphatic hydroxyl groups is 1. The Hall–Kier alpha value is -2.77. The van der Waals surface area contributed by atoms with Gasteiger partial charge in [0.15, 0.2) is 0 Å². The van der Waals surface area contributed by atoms with Gasteiger partial charge in [-0.05, 0) is 19.1 Å². The second-order valence-corrected chi connectivity index (χ2v) is 5.60. The van der Waals surface area contributed by atoms with Crippen LogP contribution in [0, 0.1) is 0 Å². The van der Waals surface area contributed by atoms with Crippen LogP contribution in [0.4, 0.5) is 5.69 Å². The number of aliphatic hydroxyl groups excluding tert-OH is 1. The van der Waals surface area contributed by atoms with Crippen molar-refractivity contribution < 1.29 is 15.0 Å². The molecule has 0 bridgehead atoms. The maximum Gasteiger partial charge on any atom is 0.219 e. The van der Waals surface area contributed by atoms with E-state index in [1.807, 2.05) is 24.3 Å². The molecule has 1 aromatic carbocycles. The molecule has 3 rings (SSSR count). The molecule has 2 aromatic rings. The van der Waals surface area contributed by atoms with Crippen molar-refractivity contribution in [2.75, 3.05) is 0 Å². The topological polar surface area (TPSA) is 114 Å². The molecule has 1 aromatic heterocycles. The lowest BCUT2D eigenvalue weighted by molar-refractivity contribution is -0.108. The van der Waals surface area contributed by atoms with Crippen LogP contribution in [-0.2, 0) is 11.3 Å². The number of aromatic nitrogens is 2. The molecule has 0 amide bonds. The first-order valence-corrected chi connectivity index (χ1v) is 7.54. The molecule has 2 atom stereocenters. The molecule has 0 saturated heterocycles. The van der Waals surface area contributed by atoms with Gasteiger partial charge < -0.3 is 20.7 Å². The van der Waals surface area contributed by atoms with Crippen LogP contribution in [0.5, 0.6) is 5.88 Å². The van der Waals surface area contributed by atoms with Gasteiger partial charge in [-0.2, -0.15) is 0 Å². The number of carbonyl (C=O) groups is 1. The fraction of sp³-hybridized carbons (Fsp3) is 0.235. The minimum absolute atomic E-state index is 0.0948. The van der Waals surface area contributed by atoms with E-state index in [0.717, 1.165) is 16.8 Å². The number of fused-ring (bicyclic) bond motifs is 1. The van der Waals surface area contributed by atoms with Gasteiger partial charge in [0.05, 0.1) is 24.4 Å². The highest BCUT2D eigenvalue weighted by Gasteiger charge is 2.24. The lowest BCUT2D eigenvalue weighted by Gasteiger charge is -2.15. The number of hydrogen-bond acceptors (Lipinski definition) is 6. The SMILES string of the molecule is C[C@@H](O)[C@H](N)c1nc(/C=C2\C=Nc3ccccc32)c(O)n1CC=O. The largest absolute Gasteiger partial charge is 0.493 e. The molecular weight excluding hydrogens is 308 g/mol. The minimum Gasteiger partial charge on any atom is -0.493 e. The lowest BCUT2D eigenvalue weighted by atomic mass is 10.1. The third-order valence-corrected chi connectivity index (χ3v) is 3.92. The molecule has 124 valence electrons. The second kappa shape index (κ2) is 6.38. The lowest BCUT2D eigenvalue weighted by Crippen LogP contribution is -2.27.